The third kappa shape index (κ3) is 3.94. The maximum absolute atomic E-state index is 10.9. The van der Waals surface area contributed by atoms with Crippen LogP contribution in [0.4, 0.5) is 0 Å². The molecule has 1 aromatic carbocycles. The van der Waals surface area contributed by atoms with Gasteiger partial charge in [-0.05, 0) is 18.9 Å². The molecule has 0 fully saturated rings. The molecule has 0 aliphatic carbocycles. The Kier molecular flexibility index (Phi) is 4.03. The number of Topliss-reactive ketones (excluding diaryl/α,β-unsaturated/α-hetero) is 1. The number of aryl methyl sites for hydroxylation is 1. The molecule has 0 radical (unpaired) electrons. The van der Waals surface area contributed by atoms with Crippen LogP contribution >= 0.6 is 0 Å². The van der Waals surface area contributed by atoms with E-state index >= 15 is 0 Å². The summed E-state index contributed by atoms with van der Waals surface area (Å²) in [6.07, 6.45) is 0.749. The maximum atomic E-state index is 10.9. The lowest BCUT2D eigenvalue weighted by Crippen LogP contribution is -2.30. The van der Waals surface area contributed by atoms with Gasteiger partial charge in [-0.3, -0.25) is 9.59 Å². The Labute approximate surface area is 89.5 Å². The number of carbonyl (C=O) groups is 2. The summed E-state index contributed by atoms with van der Waals surface area (Å²) < 4.78 is 0. The first-order valence-corrected chi connectivity index (χ1v) is 4.94. The predicted molar refractivity (Wildman–Crippen MR) is 58.6 cm³/mol. The third-order valence-corrected chi connectivity index (χ3v) is 2.14. The third-order valence-electron chi connectivity index (χ3n) is 2.14. The Hall–Kier alpha value is -1.64. The van der Waals surface area contributed by atoms with Gasteiger partial charge in [0.2, 0.25) is 5.78 Å². The topological polar surface area (TPSA) is 46.2 Å². The van der Waals surface area contributed by atoms with Crippen molar-refractivity contribution in [3.8, 4) is 0 Å². The van der Waals surface area contributed by atoms with Crippen molar-refractivity contribution in [1.29, 1.82) is 0 Å². The number of ketones is 1. The van der Waals surface area contributed by atoms with Gasteiger partial charge >= 0.3 is 0 Å². The second kappa shape index (κ2) is 5.29. The number of nitrogens with one attached hydrogen (secondary N) is 1. The number of rotatable bonds is 4. The zero-order valence-corrected chi connectivity index (χ0v) is 9.04. The van der Waals surface area contributed by atoms with E-state index in [-0.39, 0.29) is 0 Å². The molecule has 80 valence electrons. The molecule has 0 bridgehead atoms. The van der Waals surface area contributed by atoms with Crippen molar-refractivity contribution in [3.05, 3.63) is 35.4 Å². The minimum absolute atomic E-state index is 0.445. The van der Waals surface area contributed by atoms with Crippen molar-refractivity contribution in [1.82, 2.24) is 5.32 Å². The van der Waals surface area contributed by atoms with Gasteiger partial charge in [0.1, 0.15) is 0 Å². The summed E-state index contributed by atoms with van der Waals surface area (Å²) in [5.74, 6) is -0.957. The van der Waals surface area contributed by atoms with Gasteiger partial charge in [-0.2, -0.15) is 0 Å². The highest BCUT2D eigenvalue weighted by molar-refractivity contribution is 6.35. The summed E-state index contributed by atoms with van der Waals surface area (Å²) >= 11 is 0. The van der Waals surface area contributed by atoms with Crippen molar-refractivity contribution >= 4 is 11.7 Å². The van der Waals surface area contributed by atoms with E-state index in [9.17, 15) is 9.59 Å². The van der Waals surface area contributed by atoms with Gasteiger partial charge in [0, 0.05) is 13.5 Å². The number of benzene rings is 1. The van der Waals surface area contributed by atoms with Crippen molar-refractivity contribution in [2.45, 2.75) is 20.3 Å². The molecule has 0 aliphatic heterocycles. The van der Waals surface area contributed by atoms with Crippen molar-refractivity contribution in [3.63, 3.8) is 0 Å². The number of hydrogen-bond donors (Lipinski definition) is 1. The van der Waals surface area contributed by atoms with Crippen molar-refractivity contribution < 1.29 is 9.59 Å². The summed E-state index contributed by atoms with van der Waals surface area (Å²) in [4.78, 5) is 21.5. The van der Waals surface area contributed by atoms with Crippen LogP contribution in [0.3, 0.4) is 0 Å². The van der Waals surface area contributed by atoms with Gasteiger partial charge in [-0.15, -0.1) is 0 Å². The number of carbonyl (C=O) groups excluding carboxylic acids is 2. The largest absolute Gasteiger partial charge is 0.349 e. The average molecular weight is 205 g/mol. The Morgan fingerprint density at radius 2 is 1.80 bits per heavy atom. The molecule has 1 rings (SSSR count). The second-order valence-electron chi connectivity index (χ2n) is 3.55. The first kappa shape index (κ1) is 11.4. The van der Waals surface area contributed by atoms with E-state index in [1.807, 2.05) is 31.2 Å². The van der Waals surface area contributed by atoms with Crippen LogP contribution < -0.4 is 5.32 Å². The van der Waals surface area contributed by atoms with Crippen LogP contribution in [0.5, 0.6) is 0 Å². The fraction of sp³-hybridized carbons (Fsp3) is 0.333. The zero-order chi connectivity index (χ0) is 11.3. The van der Waals surface area contributed by atoms with Gasteiger partial charge in [0.15, 0.2) is 0 Å². The molecular weight excluding hydrogens is 190 g/mol. The Balaban J connectivity index is 2.35. The molecule has 0 aliphatic rings. The molecule has 0 saturated heterocycles. The standard InChI is InChI=1S/C12H15NO2/c1-9-3-5-11(6-4-9)7-8-13-12(15)10(2)14/h3-6H,7-8H2,1-2H3,(H,13,15). The van der Waals surface area contributed by atoms with E-state index in [0.717, 1.165) is 12.0 Å². The normalized spacial score (nSPS) is 9.73. The summed E-state index contributed by atoms with van der Waals surface area (Å²) in [6.45, 7) is 3.80. The molecule has 1 aromatic rings. The Bertz CT molecular complexity index is 354. The lowest BCUT2D eigenvalue weighted by atomic mass is 10.1. The number of amides is 1. The van der Waals surface area contributed by atoms with Crippen molar-refractivity contribution in [2.24, 2.45) is 0 Å². The van der Waals surface area contributed by atoms with Gasteiger partial charge in [-0.25, -0.2) is 0 Å². The number of hydrogen-bond acceptors (Lipinski definition) is 2. The Morgan fingerprint density at radius 3 is 2.33 bits per heavy atom. The average Bonchev–Trinajstić information content (AvgIpc) is 2.20. The quantitative estimate of drug-likeness (QED) is 0.752. The highest BCUT2D eigenvalue weighted by atomic mass is 16.2. The molecule has 3 nitrogen and oxygen atoms in total. The van der Waals surface area contributed by atoms with Gasteiger partial charge < -0.3 is 5.32 Å². The molecule has 0 heterocycles. The van der Waals surface area contributed by atoms with Crippen LogP contribution in [0, 0.1) is 6.92 Å². The molecule has 1 amide bonds. The van der Waals surface area contributed by atoms with E-state index in [2.05, 4.69) is 5.32 Å². The predicted octanol–water partition coefficient (Wildman–Crippen LogP) is 1.24. The molecule has 1 N–H and O–H groups in total. The first-order chi connectivity index (χ1) is 7.09. The highest BCUT2D eigenvalue weighted by Crippen LogP contribution is 2.02. The molecule has 0 saturated carbocycles. The summed E-state index contributed by atoms with van der Waals surface area (Å²) in [6, 6.07) is 8.11. The van der Waals surface area contributed by atoms with Crippen LogP contribution in [0.1, 0.15) is 18.1 Å². The molecule has 3 heteroatoms. The monoisotopic (exact) mass is 205 g/mol. The van der Waals surface area contributed by atoms with E-state index in [1.54, 1.807) is 0 Å². The molecule has 0 unspecified atom stereocenters. The summed E-state index contributed by atoms with van der Waals surface area (Å²) in [7, 11) is 0. The zero-order valence-electron chi connectivity index (χ0n) is 9.04. The van der Waals surface area contributed by atoms with Crippen LogP contribution in [-0.4, -0.2) is 18.2 Å². The molecule has 0 aromatic heterocycles. The smallest absolute Gasteiger partial charge is 0.287 e. The molecular formula is C12H15NO2. The highest BCUT2D eigenvalue weighted by Gasteiger charge is 2.05. The molecule has 0 atom stereocenters. The molecule has 0 spiro atoms. The van der Waals surface area contributed by atoms with Crippen LogP contribution in [0.2, 0.25) is 0 Å². The Morgan fingerprint density at radius 1 is 1.20 bits per heavy atom. The maximum Gasteiger partial charge on any atom is 0.287 e. The van der Waals surface area contributed by atoms with E-state index in [4.69, 9.17) is 0 Å². The molecule has 15 heavy (non-hydrogen) atoms. The fourth-order valence-corrected chi connectivity index (χ4v) is 1.20. The van der Waals surface area contributed by atoms with E-state index in [0.29, 0.717) is 6.54 Å². The summed E-state index contributed by atoms with van der Waals surface area (Å²) in [5, 5.41) is 2.56. The minimum Gasteiger partial charge on any atom is -0.349 e. The van der Waals surface area contributed by atoms with E-state index < -0.39 is 11.7 Å². The van der Waals surface area contributed by atoms with Crippen LogP contribution in [-0.2, 0) is 16.0 Å². The lowest BCUT2D eigenvalue weighted by Gasteiger charge is -2.03. The van der Waals surface area contributed by atoms with Gasteiger partial charge in [0.25, 0.3) is 5.91 Å². The van der Waals surface area contributed by atoms with Crippen molar-refractivity contribution in [2.75, 3.05) is 6.54 Å². The second-order valence-corrected chi connectivity index (χ2v) is 3.55. The SMILES string of the molecule is CC(=O)C(=O)NCCc1ccc(C)cc1. The first-order valence-electron chi connectivity index (χ1n) is 4.94. The van der Waals surface area contributed by atoms with Crippen LogP contribution in [0.25, 0.3) is 0 Å². The van der Waals surface area contributed by atoms with Crippen LogP contribution in [0.15, 0.2) is 24.3 Å². The summed E-state index contributed by atoms with van der Waals surface area (Å²) in [5.41, 5.74) is 2.37. The fourth-order valence-electron chi connectivity index (χ4n) is 1.20. The van der Waals surface area contributed by atoms with Gasteiger partial charge in [-0.1, -0.05) is 29.8 Å². The van der Waals surface area contributed by atoms with E-state index in [1.165, 1.54) is 12.5 Å². The minimum atomic E-state index is -0.512. The lowest BCUT2D eigenvalue weighted by molar-refractivity contribution is -0.136. The van der Waals surface area contributed by atoms with Gasteiger partial charge in [0.05, 0.1) is 0 Å².